The minimum Gasteiger partial charge on any atom is -0.447 e. The van der Waals surface area contributed by atoms with Gasteiger partial charge >= 0.3 is 6.09 Å². The summed E-state index contributed by atoms with van der Waals surface area (Å²) in [6.45, 7) is 1.46. The molecule has 0 unspecified atom stereocenters. The van der Waals surface area contributed by atoms with Crippen LogP contribution in [0.25, 0.3) is 0 Å². The van der Waals surface area contributed by atoms with E-state index in [4.69, 9.17) is 4.74 Å². The molecule has 16 heavy (non-hydrogen) atoms. The lowest BCUT2D eigenvalue weighted by Crippen LogP contribution is -2.29. The van der Waals surface area contributed by atoms with E-state index in [1.54, 1.807) is 4.90 Å². The van der Waals surface area contributed by atoms with Crippen LogP contribution in [0.4, 0.5) is 4.79 Å². The molecule has 0 aromatic carbocycles. The molecule has 1 aliphatic heterocycles. The topological polar surface area (TPSA) is 64.4 Å². The van der Waals surface area contributed by atoms with Crippen LogP contribution >= 0.6 is 0 Å². The van der Waals surface area contributed by atoms with Crippen LogP contribution in [0, 0.1) is 0 Å². The zero-order chi connectivity index (χ0) is 11.4. The lowest BCUT2D eigenvalue weighted by atomic mass is 10.4. The highest BCUT2D eigenvalue weighted by Gasteiger charge is 2.19. The van der Waals surface area contributed by atoms with Gasteiger partial charge in [0.1, 0.15) is 12.9 Å². The van der Waals surface area contributed by atoms with E-state index in [0.29, 0.717) is 13.0 Å². The molecule has 1 aromatic heterocycles. The summed E-state index contributed by atoms with van der Waals surface area (Å²) in [5, 5.41) is 0. The molecule has 0 N–H and O–H groups in total. The molecule has 0 saturated carbocycles. The third-order valence-electron chi connectivity index (χ3n) is 2.47. The van der Waals surface area contributed by atoms with Crippen LogP contribution in [0.3, 0.4) is 0 Å². The molecule has 1 aromatic rings. The summed E-state index contributed by atoms with van der Waals surface area (Å²) >= 11 is 0. The Morgan fingerprint density at radius 1 is 1.56 bits per heavy atom. The smallest absolute Gasteiger partial charge is 0.419 e. The van der Waals surface area contributed by atoms with Crippen molar-refractivity contribution in [2.45, 2.75) is 12.8 Å². The van der Waals surface area contributed by atoms with E-state index in [-0.39, 0.29) is 12.5 Å². The molecule has 0 spiro atoms. The van der Waals surface area contributed by atoms with Gasteiger partial charge < -0.3 is 9.64 Å². The Bertz CT molecular complexity index is 375. The predicted octanol–water partition coefficient (Wildman–Crippen LogP) is 0.490. The van der Waals surface area contributed by atoms with E-state index in [9.17, 15) is 9.59 Å². The van der Waals surface area contributed by atoms with Crippen LogP contribution in [0.5, 0.6) is 0 Å². The number of aromatic nitrogens is 2. The monoisotopic (exact) mass is 223 g/mol. The fourth-order valence-electron chi connectivity index (χ4n) is 1.63. The minimum atomic E-state index is -0.468. The largest absolute Gasteiger partial charge is 0.447 e. The lowest BCUT2D eigenvalue weighted by Gasteiger charge is -2.14. The van der Waals surface area contributed by atoms with E-state index in [1.807, 2.05) is 0 Å². The maximum atomic E-state index is 11.4. The number of rotatable bonds is 3. The molecule has 1 fully saturated rings. The van der Waals surface area contributed by atoms with Gasteiger partial charge in [0, 0.05) is 25.4 Å². The summed E-state index contributed by atoms with van der Waals surface area (Å²) in [4.78, 5) is 28.1. The van der Waals surface area contributed by atoms with E-state index >= 15 is 0 Å². The van der Waals surface area contributed by atoms with Crippen molar-refractivity contribution < 1.29 is 14.3 Å². The minimum absolute atomic E-state index is 0.138. The van der Waals surface area contributed by atoms with Gasteiger partial charge in [-0.1, -0.05) is 0 Å². The Kier molecular flexibility index (Phi) is 3.19. The van der Waals surface area contributed by atoms with Crippen molar-refractivity contribution in [2.75, 3.05) is 19.7 Å². The molecular formula is C10H13N3O3. The van der Waals surface area contributed by atoms with Gasteiger partial charge in [0.2, 0.25) is 5.91 Å². The number of hydrogen-bond donors (Lipinski definition) is 0. The molecule has 6 nitrogen and oxygen atoms in total. The molecule has 86 valence electrons. The normalized spacial score (nSPS) is 15.5. The van der Waals surface area contributed by atoms with Gasteiger partial charge in [0.25, 0.3) is 0 Å². The maximum absolute atomic E-state index is 11.4. The average Bonchev–Trinajstić information content (AvgIpc) is 2.90. The predicted molar refractivity (Wildman–Crippen MR) is 54.8 cm³/mol. The number of amides is 1. The van der Waals surface area contributed by atoms with Crippen molar-refractivity contribution in [1.82, 2.24) is 14.5 Å². The molecular weight excluding hydrogens is 210 g/mol. The SMILES string of the molecule is O=C1CCCN1CCOC(=O)n1ccnc1. The Morgan fingerprint density at radius 3 is 3.06 bits per heavy atom. The zero-order valence-electron chi connectivity index (χ0n) is 8.83. The number of hydrogen-bond acceptors (Lipinski definition) is 4. The first kappa shape index (κ1) is 10.7. The molecule has 0 atom stereocenters. The standard InChI is InChI=1S/C10H13N3O3/c14-9-2-1-4-12(9)6-7-16-10(15)13-5-3-11-8-13/h3,5,8H,1-2,4,6-7H2. The highest BCUT2D eigenvalue weighted by molar-refractivity contribution is 5.78. The Balaban J connectivity index is 1.72. The van der Waals surface area contributed by atoms with Gasteiger partial charge in [0.15, 0.2) is 0 Å². The van der Waals surface area contributed by atoms with Crippen molar-refractivity contribution in [3.05, 3.63) is 18.7 Å². The van der Waals surface area contributed by atoms with Crippen molar-refractivity contribution in [3.8, 4) is 0 Å². The van der Waals surface area contributed by atoms with Crippen LogP contribution < -0.4 is 0 Å². The molecule has 0 bridgehead atoms. The Labute approximate surface area is 92.8 Å². The van der Waals surface area contributed by atoms with E-state index in [2.05, 4.69) is 4.98 Å². The second-order valence-electron chi connectivity index (χ2n) is 3.57. The van der Waals surface area contributed by atoms with E-state index < -0.39 is 6.09 Å². The first-order valence-electron chi connectivity index (χ1n) is 5.20. The highest BCUT2D eigenvalue weighted by atomic mass is 16.5. The van der Waals surface area contributed by atoms with Crippen LogP contribution in [0.15, 0.2) is 18.7 Å². The third-order valence-corrected chi connectivity index (χ3v) is 2.47. The number of ether oxygens (including phenoxy) is 1. The van der Waals surface area contributed by atoms with Gasteiger partial charge in [-0.05, 0) is 6.42 Å². The molecule has 2 heterocycles. The average molecular weight is 223 g/mol. The lowest BCUT2D eigenvalue weighted by molar-refractivity contribution is -0.128. The summed E-state index contributed by atoms with van der Waals surface area (Å²) in [6, 6.07) is 0. The van der Waals surface area contributed by atoms with Gasteiger partial charge in [-0.3, -0.25) is 4.79 Å². The third kappa shape index (κ3) is 2.39. The Morgan fingerprint density at radius 2 is 2.44 bits per heavy atom. The van der Waals surface area contributed by atoms with Crippen molar-refractivity contribution >= 4 is 12.0 Å². The van der Waals surface area contributed by atoms with Crippen molar-refractivity contribution in [1.29, 1.82) is 0 Å². The summed E-state index contributed by atoms with van der Waals surface area (Å²) in [7, 11) is 0. The number of likely N-dealkylation sites (tertiary alicyclic amines) is 1. The molecule has 0 aliphatic carbocycles. The van der Waals surface area contributed by atoms with Gasteiger partial charge in [-0.25, -0.2) is 14.3 Å². The Hall–Kier alpha value is -1.85. The first-order chi connectivity index (χ1) is 7.77. The highest BCUT2D eigenvalue weighted by Crippen LogP contribution is 2.08. The van der Waals surface area contributed by atoms with E-state index in [1.165, 1.54) is 23.3 Å². The second-order valence-corrected chi connectivity index (χ2v) is 3.57. The van der Waals surface area contributed by atoms with Crippen LogP contribution in [0.1, 0.15) is 12.8 Å². The van der Waals surface area contributed by atoms with Gasteiger partial charge in [-0.15, -0.1) is 0 Å². The summed E-state index contributed by atoms with van der Waals surface area (Å²) < 4.78 is 6.24. The molecule has 6 heteroatoms. The molecule has 1 amide bonds. The van der Waals surface area contributed by atoms with Crippen molar-refractivity contribution in [2.24, 2.45) is 0 Å². The van der Waals surface area contributed by atoms with Gasteiger partial charge in [-0.2, -0.15) is 0 Å². The van der Waals surface area contributed by atoms with Crippen LogP contribution in [-0.4, -0.2) is 46.1 Å². The quantitative estimate of drug-likeness (QED) is 0.748. The first-order valence-corrected chi connectivity index (χ1v) is 5.20. The number of carbonyl (C=O) groups is 2. The number of nitrogens with zero attached hydrogens (tertiary/aromatic N) is 3. The number of carbonyl (C=O) groups excluding carboxylic acids is 2. The molecule has 2 rings (SSSR count). The summed E-state index contributed by atoms with van der Waals surface area (Å²) in [5.41, 5.74) is 0. The van der Waals surface area contributed by atoms with Crippen LogP contribution in [-0.2, 0) is 9.53 Å². The summed E-state index contributed by atoms with van der Waals surface area (Å²) in [6.07, 6.45) is 5.44. The molecule has 0 radical (unpaired) electrons. The molecule has 1 aliphatic rings. The fourth-order valence-corrected chi connectivity index (χ4v) is 1.63. The van der Waals surface area contributed by atoms with Crippen molar-refractivity contribution in [3.63, 3.8) is 0 Å². The number of imidazole rings is 1. The zero-order valence-corrected chi connectivity index (χ0v) is 8.83. The molecule has 1 saturated heterocycles. The van der Waals surface area contributed by atoms with Crippen LogP contribution in [0.2, 0.25) is 0 Å². The fraction of sp³-hybridized carbons (Fsp3) is 0.500. The summed E-state index contributed by atoms with van der Waals surface area (Å²) in [5.74, 6) is 0.138. The van der Waals surface area contributed by atoms with Gasteiger partial charge in [0.05, 0.1) is 6.54 Å². The van der Waals surface area contributed by atoms with E-state index in [0.717, 1.165) is 13.0 Å². The maximum Gasteiger partial charge on any atom is 0.419 e. The second kappa shape index (κ2) is 4.78.